The van der Waals surface area contributed by atoms with Gasteiger partial charge in [0.15, 0.2) is 0 Å². The van der Waals surface area contributed by atoms with Gasteiger partial charge in [0.25, 0.3) is 0 Å². The Kier molecular flexibility index (Phi) is 6.07. The summed E-state index contributed by atoms with van der Waals surface area (Å²) in [6, 6.07) is -0.756. The average Bonchev–Trinajstić information content (AvgIpc) is 2.35. The molecule has 0 aromatic carbocycles. The maximum Gasteiger partial charge on any atom is 0.240 e. The Morgan fingerprint density at radius 2 is 1.89 bits per heavy atom. The van der Waals surface area contributed by atoms with Crippen molar-refractivity contribution in [2.45, 2.75) is 50.6 Å². The topological polar surface area (TPSA) is 110 Å². The molecule has 104 valence electrons. The summed E-state index contributed by atoms with van der Waals surface area (Å²) < 4.78 is 0. The van der Waals surface area contributed by atoms with E-state index >= 15 is 0 Å². The van der Waals surface area contributed by atoms with Crippen molar-refractivity contribution in [2.24, 2.45) is 11.5 Å². The summed E-state index contributed by atoms with van der Waals surface area (Å²) in [5, 5.41) is 9.05. The Balaban J connectivity index is 2.64. The first-order valence-electron chi connectivity index (χ1n) is 6.51. The smallest absolute Gasteiger partial charge is 0.240 e. The van der Waals surface area contributed by atoms with Crippen molar-refractivity contribution in [2.75, 3.05) is 13.2 Å². The summed E-state index contributed by atoms with van der Waals surface area (Å²) in [4.78, 5) is 24.6. The van der Waals surface area contributed by atoms with Crippen molar-refractivity contribution in [3.63, 3.8) is 0 Å². The third-order valence-electron chi connectivity index (χ3n) is 3.38. The van der Waals surface area contributed by atoms with Gasteiger partial charge in [-0.2, -0.15) is 0 Å². The molecule has 1 fully saturated rings. The molecule has 1 aliphatic rings. The first kappa shape index (κ1) is 14.9. The van der Waals surface area contributed by atoms with Crippen LogP contribution < -0.4 is 11.5 Å². The van der Waals surface area contributed by atoms with Gasteiger partial charge in [-0.05, 0) is 12.8 Å². The van der Waals surface area contributed by atoms with Gasteiger partial charge in [-0.1, -0.05) is 19.3 Å². The van der Waals surface area contributed by atoms with Crippen LogP contribution in [-0.4, -0.2) is 47.1 Å². The second kappa shape index (κ2) is 7.33. The fourth-order valence-electron chi connectivity index (χ4n) is 2.49. The first-order chi connectivity index (χ1) is 8.56. The largest absolute Gasteiger partial charge is 0.395 e. The molecule has 1 rings (SSSR count). The molecule has 1 aliphatic carbocycles. The van der Waals surface area contributed by atoms with Crippen LogP contribution in [0.3, 0.4) is 0 Å². The molecular formula is C12H23N3O3. The van der Waals surface area contributed by atoms with Crippen LogP contribution >= 0.6 is 0 Å². The molecule has 18 heavy (non-hydrogen) atoms. The lowest BCUT2D eigenvalue weighted by molar-refractivity contribution is -0.138. The van der Waals surface area contributed by atoms with E-state index in [1.165, 1.54) is 6.42 Å². The minimum absolute atomic E-state index is 0.0917. The van der Waals surface area contributed by atoms with E-state index in [1.807, 2.05) is 0 Å². The Labute approximate surface area is 107 Å². The van der Waals surface area contributed by atoms with E-state index in [-0.39, 0.29) is 31.5 Å². The van der Waals surface area contributed by atoms with Gasteiger partial charge in [0.05, 0.1) is 19.1 Å². The molecule has 0 aliphatic heterocycles. The number of rotatable bonds is 6. The lowest BCUT2D eigenvalue weighted by atomic mass is 9.93. The highest BCUT2D eigenvalue weighted by atomic mass is 16.3. The highest BCUT2D eigenvalue weighted by molar-refractivity contribution is 5.87. The summed E-state index contributed by atoms with van der Waals surface area (Å²) in [6.07, 6.45) is 5.10. The Hall–Kier alpha value is -1.14. The van der Waals surface area contributed by atoms with E-state index < -0.39 is 11.9 Å². The predicted octanol–water partition coefficient (Wildman–Crippen LogP) is -0.657. The quantitative estimate of drug-likeness (QED) is 0.587. The first-order valence-corrected chi connectivity index (χ1v) is 6.51. The van der Waals surface area contributed by atoms with Crippen LogP contribution in [0.2, 0.25) is 0 Å². The minimum Gasteiger partial charge on any atom is -0.395 e. The molecule has 1 unspecified atom stereocenters. The average molecular weight is 257 g/mol. The third kappa shape index (κ3) is 4.27. The van der Waals surface area contributed by atoms with Gasteiger partial charge >= 0.3 is 0 Å². The molecule has 6 nitrogen and oxygen atoms in total. The number of carbonyl (C=O) groups excluding carboxylic acids is 2. The van der Waals surface area contributed by atoms with Crippen molar-refractivity contribution in [3.8, 4) is 0 Å². The number of aliphatic hydroxyl groups excluding tert-OH is 1. The van der Waals surface area contributed by atoms with E-state index in [4.69, 9.17) is 16.6 Å². The summed E-state index contributed by atoms with van der Waals surface area (Å²) >= 11 is 0. The van der Waals surface area contributed by atoms with E-state index in [1.54, 1.807) is 4.90 Å². The molecule has 0 heterocycles. The molecule has 6 heteroatoms. The van der Waals surface area contributed by atoms with Crippen LogP contribution in [0.1, 0.15) is 38.5 Å². The number of hydrogen-bond donors (Lipinski definition) is 3. The molecule has 1 atom stereocenters. The Bertz CT molecular complexity index is 290. The molecule has 0 saturated heterocycles. The lowest BCUT2D eigenvalue weighted by Crippen LogP contribution is -2.51. The zero-order chi connectivity index (χ0) is 13.5. The Morgan fingerprint density at radius 1 is 1.28 bits per heavy atom. The highest BCUT2D eigenvalue weighted by Gasteiger charge is 2.29. The van der Waals surface area contributed by atoms with Gasteiger partial charge in [-0.3, -0.25) is 9.59 Å². The number of primary amides is 1. The summed E-state index contributed by atoms with van der Waals surface area (Å²) in [5.74, 6) is -0.863. The standard InChI is InChI=1S/C12H23N3O3/c13-10(8-11(14)17)12(18)15(6-7-16)9-4-2-1-3-5-9/h9-10,16H,1-8,13H2,(H2,14,17). The fourth-order valence-corrected chi connectivity index (χ4v) is 2.49. The number of aliphatic hydroxyl groups is 1. The van der Waals surface area contributed by atoms with Gasteiger partial charge < -0.3 is 21.5 Å². The van der Waals surface area contributed by atoms with E-state index in [9.17, 15) is 9.59 Å². The highest BCUT2D eigenvalue weighted by Crippen LogP contribution is 2.23. The molecule has 0 bridgehead atoms. The van der Waals surface area contributed by atoms with Gasteiger partial charge in [-0.15, -0.1) is 0 Å². The van der Waals surface area contributed by atoms with Crippen LogP contribution in [0, 0.1) is 0 Å². The molecular weight excluding hydrogens is 234 g/mol. The van der Waals surface area contributed by atoms with Crippen LogP contribution in [0.5, 0.6) is 0 Å². The van der Waals surface area contributed by atoms with Crippen LogP contribution in [0.25, 0.3) is 0 Å². The molecule has 1 saturated carbocycles. The zero-order valence-corrected chi connectivity index (χ0v) is 10.7. The Morgan fingerprint density at radius 3 is 2.39 bits per heavy atom. The van der Waals surface area contributed by atoms with E-state index in [0.29, 0.717) is 0 Å². The van der Waals surface area contributed by atoms with Gasteiger partial charge in [0, 0.05) is 12.6 Å². The van der Waals surface area contributed by atoms with Gasteiger partial charge in [0.2, 0.25) is 11.8 Å². The van der Waals surface area contributed by atoms with Crippen molar-refractivity contribution < 1.29 is 14.7 Å². The van der Waals surface area contributed by atoms with Gasteiger partial charge in [0.1, 0.15) is 0 Å². The molecule has 5 N–H and O–H groups in total. The van der Waals surface area contributed by atoms with E-state index in [0.717, 1.165) is 25.7 Å². The number of nitrogens with zero attached hydrogens (tertiary/aromatic N) is 1. The van der Waals surface area contributed by atoms with Crippen LogP contribution in [-0.2, 0) is 9.59 Å². The lowest BCUT2D eigenvalue weighted by Gasteiger charge is -2.35. The maximum atomic E-state index is 12.1. The van der Waals surface area contributed by atoms with E-state index in [2.05, 4.69) is 0 Å². The number of amides is 2. The fraction of sp³-hybridized carbons (Fsp3) is 0.833. The van der Waals surface area contributed by atoms with Crippen LogP contribution in [0.15, 0.2) is 0 Å². The third-order valence-corrected chi connectivity index (χ3v) is 3.38. The summed E-state index contributed by atoms with van der Waals surface area (Å²) in [6.45, 7) is 0.182. The second-order valence-corrected chi connectivity index (χ2v) is 4.82. The van der Waals surface area contributed by atoms with Crippen molar-refractivity contribution in [3.05, 3.63) is 0 Å². The van der Waals surface area contributed by atoms with Gasteiger partial charge in [-0.25, -0.2) is 0 Å². The second-order valence-electron chi connectivity index (χ2n) is 4.82. The number of carbonyl (C=O) groups is 2. The normalized spacial score (nSPS) is 18.3. The van der Waals surface area contributed by atoms with Crippen molar-refractivity contribution in [1.82, 2.24) is 4.90 Å². The number of nitrogens with two attached hydrogens (primary N) is 2. The monoisotopic (exact) mass is 257 g/mol. The van der Waals surface area contributed by atoms with Crippen molar-refractivity contribution >= 4 is 11.8 Å². The SMILES string of the molecule is NC(=O)CC(N)C(=O)N(CCO)C1CCCCC1. The molecule has 0 aromatic heterocycles. The predicted molar refractivity (Wildman–Crippen MR) is 67.5 cm³/mol. The molecule has 0 aromatic rings. The van der Waals surface area contributed by atoms with Crippen molar-refractivity contribution in [1.29, 1.82) is 0 Å². The number of hydrogen-bond acceptors (Lipinski definition) is 4. The molecule has 0 radical (unpaired) electrons. The summed E-state index contributed by atoms with van der Waals surface area (Å²) in [7, 11) is 0. The molecule has 2 amide bonds. The zero-order valence-electron chi connectivity index (χ0n) is 10.7. The minimum atomic E-state index is -0.893. The molecule has 0 spiro atoms. The summed E-state index contributed by atoms with van der Waals surface area (Å²) in [5.41, 5.74) is 10.7. The maximum absolute atomic E-state index is 12.1. The van der Waals surface area contributed by atoms with Crippen LogP contribution in [0.4, 0.5) is 0 Å².